The first-order valence-electron chi connectivity index (χ1n) is 9.15. The van der Waals surface area contributed by atoms with Crippen LogP contribution in [0.4, 0.5) is 5.95 Å². The van der Waals surface area contributed by atoms with E-state index in [0.717, 1.165) is 29.6 Å². The van der Waals surface area contributed by atoms with Crippen LogP contribution in [-0.2, 0) is 13.0 Å². The van der Waals surface area contributed by atoms with Crippen molar-refractivity contribution in [3.8, 4) is 0 Å². The van der Waals surface area contributed by atoms with E-state index in [0.29, 0.717) is 25.2 Å². The predicted molar refractivity (Wildman–Crippen MR) is 107 cm³/mol. The van der Waals surface area contributed by atoms with E-state index >= 15 is 0 Å². The average molecular weight is 361 g/mol. The largest absolute Gasteiger partial charge is 0.343 e. The number of aliphatic imine (C=N–C) groups is 1. The molecule has 2 aromatic heterocycles. The molecule has 3 heterocycles. The molecule has 0 radical (unpaired) electrons. The molecular weight excluding hydrogens is 338 g/mol. The molecule has 0 aliphatic carbocycles. The molecule has 1 aliphatic rings. The maximum atomic E-state index is 4.63. The average Bonchev–Trinajstić information content (AvgIpc) is 2.70. The summed E-state index contributed by atoms with van der Waals surface area (Å²) in [7, 11) is 0. The Hall–Kier alpha value is -3.06. The van der Waals surface area contributed by atoms with Gasteiger partial charge >= 0.3 is 0 Å². The Balaban J connectivity index is 1.45. The molecule has 0 amide bonds. The Morgan fingerprint density at radius 3 is 2.85 bits per heavy atom. The van der Waals surface area contributed by atoms with E-state index in [2.05, 4.69) is 66.7 Å². The van der Waals surface area contributed by atoms with Crippen LogP contribution < -0.4 is 10.6 Å². The van der Waals surface area contributed by atoms with Crippen LogP contribution in [0.15, 0.2) is 47.7 Å². The molecule has 4 rings (SSSR count). The van der Waals surface area contributed by atoms with Crippen LogP contribution in [0.3, 0.4) is 0 Å². The van der Waals surface area contributed by atoms with Crippen molar-refractivity contribution >= 4 is 22.8 Å². The minimum atomic E-state index is 0.566. The SMILES string of the molecule is CCc1ccc2nc(NC3=NCN(Cc4cccnc4)CN3)nc(C)c2c1. The van der Waals surface area contributed by atoms with E-state index in [1.54, 1.807) is 6.20 Å². The molecule has 1 aromatic carbocycles. The van der Waals surface area contributed by atoms with Crippen molar-refractivity contribution in [2.75, 3.05) is 18.7 Å². The molecule has 1 aliphatic heterocycles. The maximum Gasteiger partial charge on any atom is 0.230 e. The Morgan fingerprint density at radius 2 is 2.11 bits per heavy atom. The smallest absolute Gasteiger partial charge is 0.230 e. The van der Waals surface area contributed by atoms with Gasteiger partial charge in [0.1, 0.15) is 0 Å². The van der Waals surface area contributed by atoms with Crippen LogP contribution in [0, 0.1) is 6.92 Å². The van der Waals surface area contributed by atoms with E-state index in [1.165, 1.54) is 11.1 Å². The van der Waals surface area contributed by atoms with Gasteiger partial charge in [0.25, 0.3) is 0 Å². The molecule has 2 N–H and O–H groups in total. The normalized spacial score (nSPS) is 14.7. The Bertz CT molecular complexity index is 969. The highest BCUT2D eigenvalue weighted by molar-refractivity contribution is 5.93. The van der Waals surface area contributed by atoms with Crippen molar-refractivity contribution in [1.29, 1.82) is 0 Å². The minimum Gasteiger partial charge on any atom is -0.343 e. The number of aryl methyl sites for hydroxylation is 2. The van der Waals surface area contributed by atoms with E-state index in [9.17, 15) is 0 Å². The van der Waals surface area contributed by atoms with E-state index < -0.39 is 0 Å². The lowest BCUT2D eigenvalue weighted by atomic mass is 10.1. The van der Waals surface area contributed by atoms with Gasteiger partial charge in [-0.15, -0.1) is 0 Å². The molecular formula is C20H23N7. The highest BCUT2D eigenvalue weighted by Gasteiger charge is 2.14. The van der Waals surface area contributed by atoms with E-state index in [-0.39, 0.29) is 0 Å². The highest BCUT2D eigenvalue weighted by Crippen LogP contribution is 2.19. The number of rotatable bonds is 4. The number of fused-ring (bicyclic) bond motifs is 1. The number of aromatic nitrogens is 3. The topological polar surface area (TPSA) is 78.3 Å². The summed E-state index contributed by atoms with van der Waals surface area (Å²) in [5.74, 6) is 1.26. The number of pyridine rings is 1. The monoisotopic (exact) mass is 361 g/mol. The molecule has 0 spiro atoms. The second-order valence-electron chi connectivity index (χ2n) is 6.64. The summed E-state index contributed by atoms with van der Waals surface area (Å²) < 4.78 is 0. The van der Waals surface area contributed by atoms with Crippen LogP contribution in [-0.4, -0.2) is 39.1 Å². The summed E-state index contributed by atoms with van der Waals surface area (Å²) in [6, 6.07) is 10.4. The summed E-state index contributed by atoms with van der Waals surface area (Å²) in [5, 5.41) is 7.59. The van der Waals surface area contributed by atoms with Crippen molar-refractivity contribution in [3.63, 3.8) is 0 Å². The predicted octanol–water partition coefficient (Wildman–Crippen LogP) is 2.68. The zero-order valence-corrected chi connectivity index (χ0v) is 15.6. The lowest BCUT2D eigenvalue weighted by molar-refractivity contribution is 0.256. The second kappa shape index (κ2) is 7.67. The Kier molecular flexibility index (Phi) is 4.93. The standard InChI is InChI=1S/C20H23N7/c1-3-15-6-7-18-17(9-15)14(2)24-20(25-18)26-19-22-12-27(13-23-19)11-16-5-4-8-21-10-16/h4-10H,3,11-13H2,1-2H3,(H2,22,23,24,25,26). The Morgan fingerprint density at radius 1 is 1.19 bits per heavy atom. The second-order valence-corrected chi connectivity index (χ2v) is 6.64. The molecule has 7 heteroatoms. The van der Waals surface area contributed by atoms with Crippen LogP contribution in [0.1, 0.15) is 23.7 Å². The lowest BCUT2D eigenvalue weighted by Gasteiger charge is -2.26. The van der Waals surface area contributed by atoms with Crippen LogP contribution >= 0.6 is 0 Å². The zero-order chi connectivity index (χ0) is 18.6. The molecule has 0 unspecified atom stereocenters. The highest BCUT2D eigenvalue weighted by atomic mass is 15.4. The van der Waals surface area contributed by atoms with Crippen LogP contribution in [0.25, 0.3) is 10.9 Å². The van der Waals surface area contributed by atoms with E-state index in [4.69, 9.17) is 0 Å². The molecule has 0 bridgehead atoms. The summed E-state index contributed by atoms with van der Waals surface area (Å²) >= 11 is 0. The van der Waals surface area contributed by atoms with Gasteiger partial charge in [0.2, 0.25) is 11.9 Å². The van der Waals surface area contributed by atoms with Crippen molar-refractivity contribution < 1.29 is 0 Å². The fourth-order valence-corrected chi connectivity index (χ4v) is 3.11. The van der Waals surface area contributed by atoms with E-state index in [1.807, 2.05) is 19.2 Å². The van der Waals surface area contributed by atoms with Gasteiger partial charge in [0, 0.05) is 24.3 Å². The fraction of sp³-hybridized carbons (Fsp3) is 0.300. The van der Waals surface area contributed by atoms with Gasteiger partial charge in [-0.2, -0.15) is 0 Å². The first-order valence-corrected chi connectivity index (χ1v) is 9.15. The number of anilines is 1. The first-order chi connectivity index (χ1) is 13.2. The van der Waals surface area contributed by atoms with Gasteiger partial charge in [-0.1, -0.05) is 19.1 Å². The van der Waals surface area contributed by atoms with Crippen LogP contribution in [0.5, 0.6) is 0 Å². The van der Waals surface area contributed by atoms with Gasteiger partial charge in [-0.3, -0.25) is 15.2 Å². The van der Waals surface area contributed by atoms with Crippen molar-refractivity contribution in [2.45, 2.75) is 26.8 Å². The third-order valence-electron chi connectivity index (χ3n) is 4.62. The van der Waals surface area contributed by atoms with Gasteiger partial charge in [0.05, 0.1) is 24.5 Å². The van der Waals surface area contributed by atoms with Crippen molar-refractivity contribution in [2.24, 2.45) is 4.99 Å². The lowest BCUT2D eigenvalue weighted by Crippen LogP contribution is -2.45. The molecule has 3 aromatic rings. The van der Waals surface area contributed by atoms with Gasteiger partial charge in [-0.25, -0.2) is 15.0 Å². The molecule has 0 fully saturated rings. The molecule has 27 heavy (non-hydrogen) atoms. The molecule has 0 saturated heterocycles. The zero-order valence-electron chi connectivity index (χ0n) is 15.6. The summed E-state index contributed by atoms with van der Waals surface area (Å²) in [6.07, 6.45) is 4.67. The van der Waals surface area contributed by atoms with Crippen molar-refractivity contribution in [3.05, 3.63) is 59.5 Å². The molecule has 138 valence electrons. The summed E-state index contributed by atoms with van der Waals surface area (Å²) in [6.45, 7) is 6.28. The number of nitrogens with zero attached hydrogens (tertiary/aromatic N) is 5. The quantitative estimate of drug-likeness (QED) is 0.744. The van der Waals surface area contributed by atoms with Gasteiger partial charge in [-0.05, 0) is 42.7 Å². The third kappa shape index (κ3) is 4.03. The van der Waals surface area contributed by atoms with Crippen molar-refractivity contribution in [1.82, 2.24) is 25.2 Å². The van der Waals surface area contributed by atoms with Gasteiger partial charge in [0.15, 0.2) is 0 Å². The number of benzene rings is 1. The summed E-state index contributed by atoms with van der Waals surface area (Å²) in [5.41, 5.74) is 4.37. The first kappa shape index (κ1) is 17.4. The summed E-state index contributed by atoms with van der Waals surface area (Å²) in [4.78, 5) is 20.1. The molecule has 7 nitrogen and oxygen atoms in total. The minimum absolute atomic E-state index is 0.566. The Labute approximate surface area is 158 Å². The number of hydrogen-bond acceptors (Lipinski definition) is 7. The molecule has 0 saturated carbocycles. The number of guanidine groups is 1. The molecule has 0 atom stereocenters. The maximum absolute atomic E-state index is 4.63. The van der Waals surface area contributed by atoms with Gasteiger partial charge < -0.3 is 5.32 Å². The third-order valence-corrected chi connectivity index (χ3v) is 4.62. The van der Waals surface area contributed by atoms with Crippen LogP contribution in [0.2, 0.25) is 0 Å². The number of nitrogens with one attached hydrogen (secondary N) is 2. The fourth-order valence-electron chi connectivity index (χ4n) is 3.11. The number of hydrogen-bond donors (Lipinski definition) is 2.